The van der Waals surface area contributed by atoms with Crippen LogP contribution in [0.1, 0.15) is 12.1 Å². The summed E-state index contributed by atoms with van der Waals surface area (Å²) >= 11 is 0. The summed E-state index contributed by atoms with van der Waals surface area (Å²) in [6, 6.07) is 4.09. The van der Waals surface area contributed by atoms with Crippen LogP contribution in [-0.2, 0) is 0 Å². The minimum atomic E-state index is -0.114. The molecule has 4 rings (SSSR count). The number of pyridine rings is 1. The van der Waals surface area contributed by atoms with Crippen molar-refractivity contribution in [3.8, 4) is 0 Å². The fourth-order valence-electron chi connectivity index (χ4n) is 3.27. The summed E-state index contributed by atoms with van der Waals surface area (Å²) in [5, 5.41) is 0. The third-order valence-electron chi connectivity index (χ3n) is 4.48. The number of nitrogens with zero attached hydrogens (tertiary/aromatic N) is 6. The molecule has 2 aromatic heterocycles. The number of carbonyl (C=O) groups is 1. The molecule has 0 radical (unpaired) electrons. The van der Waals surface area contributed by atoms with E-state index in [1.165, 1.54) is 4.90 Å². The lowest BCUT2D eigenvalue weighted by Gasteiger charge is -2.37. The number of urea groups is 1. The van der Waals surface area contributed by atoms with Gasteiger partial charge in [0.25, 0.3) is 0 Å². The van der Waals surface area contributed by atoms with Crippen molar-refractivity contribution in [1.82, 2.24) is 15.0 Å². The molecule has 1 fully saturated rings. The monoisotopic (exact) mass is 310 g/mol. The van der Waals surface area contributed by atoms with Gasteiger partial charge < -0.3 is 4.90 Å². The van der Waals surface area contributed by atoms with Crippen LogP contribution in [0.4, 0.5) is 22.1 Å². The molecule has 2 amide bonds. The number of aromatic nitrogens is 3. The van der Waals surface area contributed by atoms with E-state index in [0.29, 0.717) is 5.82 Å². The Bertz CT molecular complexity index is 749. The second-order valence-corrected chi connectivity index (χ2v) is 5.96. The SMILES string of the molecule is Cc1ccc2c(n1)N(C(=O)N(C)c1cnccn1)[C@H]1CCN2C1. The van der Waals surface area contributed by atoms with Crippen LogP contribution < -0.4 is 14.7 Å². The zero-order valence-electron chi connectivity index (χ0n) is 13.2. The molecule has 4 heterocycles. The zero-order valence-corrected chi connectivity index (χ0v) is 13.2. The summed E-state index contributed by atoms with van der Waals surface area (Å²) in [5.74, 6) is 1.28. The molecule has 2 aromatic rings. The van der Waals surface area contributed by atoms with Crippen molar-refractivity contribution in [2.75, 3.05) is 34.8 Å². The summed E-state index contributed by atoms with van der Waals surface area (Å²) in [6.45, 7) is 3.76. The van der Waals surface area contributed by atoms with Crippen LogP contribution in [0.15, 0.2) is 30.7 Å². The van der Waals surface area contributed by atoms with Crippen molar-refractivity contribution in [3.63, 3.8) is 0 Å². The van der Waals surface area contributed by atoms with E-state index in [-0.39, 0.29) is 12.1 Å². The second kappa shape index (κ2) is 5.19. The van der Waals surface area contributed by atoms with E-state index in [4.69, 9.17) is 0 Å². The number of fused-ring (bicyclic) bond motifs is 4. The smallest absolute Gasteiger partial charge is 0.331 e. The molecular weight excluding hydrogens is 292 g/mol. The van der Waals surface area contributed by atoms with Gasteiger partial charge in [-0.25, -0.2) is 14.8 Å². The first kappa shape index (κ1) is 13.9. The van der Waals surface area contributed by atoms with Gasteiger partial charge >= 0.3 is 6.03 Å². The highest BCUT2D eigenvalue weighted by molar-refractivity contribution is 6.05. The van der Waals surface area contributed by atoms with E-state index in [1.54, 1.807) is 25.6 Å². The van der Waals surface area contributed by atoms with Crippen LogP contribution in [0, 0.1) is 6.92 Å². The van der Waals surface area contributed by atoms with E-state index < -0.39 is 0 Å². The molecule has 0 aliphatic carbocycles. The van der Waals surface area contributed by atoms with Crippen molar-refractivity contribution in [2.45, 2.75) is 19.4 Å². The summed E-state index contributed by atoms with van der Waals surface area (Å²) in [7, 11) is 1.73. The molecular formula is C16H18N6O. The van der Waals surface area contributed by atoms with Crippen molar-refractivity contribution < 1.29 is 4.79 Å². The van der Waals surface area contributed by atoms with Crippen LogP contribution in [0.5, 0.6) is 0 Å². The highest BCUT2D eigenvalue weighted by Crippen LogP contribution is 2.39. The minimum absolute atomic E-state index is 0.114. The molecule has 2 aliphatic rings. The van der Waals surface area contributed by atoms with Gasteiger partial charge in [-0.3, -0.25) is 14.8 Å². The van der Waals surface area contributed by atoms with Crippen molar-refractivity contribution >= 4 is 23.4 Å². The quantitative estimate of drug-likeness (QED) is 0.804. The number of carbonyl (C=O) groups excluding carboxylic acids is 1. The Kier molecular flexibility index (Phi) is 3.14. The van der Waals surface area contributed by atoms with Crippen LogP contribution in [0.25, 0.3) is 0 Å². The fraction of sp³-hybridized carbons (Fsp3) is 0.375. The Morgan fingerprint density at radius 1 is 1.35 bits per heavy atom. The number of hydrogen-bond acceptors (Lipinski definition) is 5. The number of amides is 2. The van der Waals surface area contributed by atoms with Crippen LogP contribution in [0.2, 0.25) is 0 Å². The Labute approximate surface area is 134 Å². The molecule has 2 bridgehead atoms. The normalized spacial score (nSPS) is 18.8. The number of hydrogen-bond donors (Lipinski definition) is 0. The van der Waals surface area contributed by atoms with E-state index >= 15 is 0 Å². The zero-order chi connectivity index (χ0) is 16.0. The van der Waals surface area contributed by atoms with Gasteiger partial charge in [-0.1, -0.05) is 0 Å². The maximum Gasteiger partial charge on any atom is 0.331 e. The molecule has 1 atom stereocenters. The second-order valence-electron chi connectivity index (χ2n) is 5.96. The maximum absolute atomic E-state index is 13.1. The molecule has 118 valence electrons. The van der Waals surface area contributed by atoms with Gasteiger partial charge in [0.05, 0.1) is 17.9 Å². The fourth-order valence-corrected chi connectivity index (χ4v) is 3.27. The summed E-state index contributed by atoms with van der Waals surface area (Å²) in [5.41, 5.74) is 1.94. The van der Waals surface area contributed by atoms with Gasteiger partial charge in [0, 0.05) is 38.2 Å². The van der Waals surface area contributed by atoms with Crippen molar-refractivity contribution in [2.24, 2.45) is 0 Å². The average molecular weight is 310 g/mol. The first-order valence-electron chi connectivity index (χ1n) is 7.70. The molecule has 7 nitrogen and oxygen atoms in total. The van der Waals surface area contributed by atoms with E-state index in [2.05, 4.69) is 25.9 Å². The van der Waals surface area contributed by atoms with Crippen LogP contribution >= 0.6 is 0 Å². The predicted octanol–water partition coefficient (Wildman–Crippen LogP) is 1.84. The lowest BCUT2D eigenvalue weighted by Crippen LogP contribution is -2.51. The van der Waals surface area contributed by atoms with E-state index in [0.717, 1.165) is 36.7 Å². The van der Waals surface area contributed by atoms with Gasteiger partial charge in [0.15, 0.2) is 11.6 Å². The molecule has 7 heteroatoms. The molecule has 23 heavy (non-hydrogen) atoms. The summed E-state index contributed by atoms with van der Waals surface area (Å²) in [4.78, 5) is 31.6. The standard InChI is InChI=1S/C16H18N6O/c1-11-3-4-13-15(19-11)22(12-5-8-21(13)10-12)16(23)20(2)14-9-17-6-7-18-14/h3-4,6-7,9,12H,5,8,10H2,1-2H3/t12-/m0/s1. The number of aryl methyl sites for hydroxylation is 1. The highest BCUT2D eigenvalue weighted by Gasteiger charge is 2.41. The lowest BCUT2D eigenvalue weighted by atomic mass is 10.2. The predicted molar refractivity (Wildman–Crippen MR) is 87.9 cm³/mol. The van der Waals surface area contributed by atoms with Crippen molar-refractivity contribution in [1.29, 1.82) is 0 Å². The highest BCUT2D eigenvalue weighted by atomic mass is 16.2. The Balaban J connectivity index is 1.74. The molecule has 0 saturated carbocycles. The topological polar surface area (TPSA) is 65.5 Å². The van der Waals surface area contributed by atoms with Crippen LogP contribution in [0.3, 0.4) is 0 Å². The molecule has 0 spiro atoms. The van der Waals surface area contributed by atoms with E-state index in [1.807, 2.05) is 17.9 Å². The Hall–Kier alpha value is -2.70. The third kappa shape index (κ3) is 2.19. The molecule has 0 N–H and O–H groups in total. The first-order chi connectivity index (χ1) is 11.1. The largest absolute Gasteiger partial charge is 0.366 e. The Morgan fingerprint density at radius 3 is 3.00 bits per heavy atom. The van der Waals surface area contributed by atoms with Gasteiger partial charge in [-0.15, -0.1) is 0 Å². The molecule has 0 aromatic carbocycles. The summed E-state index contributed by atoms with van der Waals surface area (Å²) < 4.78 is 0. The van der Waals surface area contributed by atoms with Gasteiger partial charge in [-0.2, -0.15) is 0 Å². The van der Waals surface area contributed by atoms with Crippen molar-refractivity contribution in [3.05, 3.63) is 36.4 Å². The summed E-state index contributed by atoms with van der Waals surface area (Å²) in [6.07, 6.45) is 5.73. The molecule has 1 saturated heterocycles. The van der Waals surface area contributed by atoms with Gasteiger partial charge in [0.2, 0.25) is 0 Å². The molecule has 0 unspecified atom stereocenters. The van der Waals surface area contributed by atoms with Crippen LogP contribution in [-0.4, -0.2) is 47.2 Å². The lowest BCUT2D eigenvalue weighted by molar-refractivity contribution is 0.250. The van der Waals surface area contributed by atoms with Gasteiger partial charge in [-0.05, 0) is 25.5 Å². The number of anilines is 3. The third-order valence-corrected chi connectivity index (χ3v) is 4.48. The number of rotatable bonds is 1. The average Bonchev–Trinajstić information content (AvgIpc) is 2.99. The van der Waals surface area contributed by atoms with Gasteiger partial charge in [0.1, 0.15) is 0 Å². The molecule has 2 aliphatic heterocycles. The first-order valence-corrected chi connectivity index (χ1v) is 7.70. The minimum Gasteiger partial charge on any atom is -0.366 e. The van der Waals surface area contributed by atoms with E-state index in [9.17, 15) is 4.79 Å². The maximum atomic E-state index is 13.1. The Morgan fingerprint density at radius 2 is 2.22 bits per heavy atom.